The smallest absolute Gasteiger partial charge is 0.250 e. The van der Waals surface area contributed by atoms with E-state index in [0.717, 1.165) is 31.7 Å². The van der Waals surface area contributed by atoms with Crippen LogP contribution in [0.1, 0.15) is 28.4 Å². The van der Waals surface area contributed by atoms with Crippen molar-refractivity contribution in [1.82, 2.24) is 9.47 Å². The number of nitrogens with zero attached hydrogens (tertiary/aromatic N) is 2. The molecule has 24 heavy (non-hydrogen) atoms. The average molecular weight is 343 g/mol. The number of rotatable bonds is 3. The predicted octanol–water partition coefficient (Wildman–Crippen LogP) is 2.80. The van der Waals surface area contributed by atoms with Crippen molar-refractivity contribution in [3.8, 4) is 0 Å². The van der Waals surface area contributed by atoms with Gasteiger partial charge in [0.15, 0.2) is 5.78 Å². The first-order valence-electron chi connectivity index (χ1n) is 8.31. The first kappa shape index (κ1) is 15.6. The summed E-state index contributed by atoms with van der Waals surface area (Å²) in [7, 11) is 0. The molecule has 0 spiro atoms. The molecule has 2 aliphatic rings. The van der Waals surface area contributed by atoms with Gasteiger partial charge in [-0.25, -0.2) is 0 Å². The number of hydrogen-bond acceptors (Lipinski definition) is 3. The summed E-state index contributed by atoms with van der Waals surface area (Å²) in [4.78, 5) is 26.8. The van der Waals surface area contributed by atoms with Crippen LogP contribution in [0, 0.1) is 5.92 Å². The Morgan fingerprint density at radius 2 is 1.88 bits per heavy atom. The molecular weight excluding hydrogens is 324 g/mol. The van der Waals surface area contributed by atoms with Gasteiger partial charge in [0.1, 0.15) is 0 Å². The number of piperidine rings is 1. The quantitative estimate of drug-likeness (QED) is 0.805. The van der Waals surface area contributed by atoms with Crippen LogP contribution in [0.25, 0.3) is 0 Å². The van der Waals surface area contributed by atoms with E-state index in [1.807, 2.05) is 16.7 Å². The average Bonchev–Trinajstić information content (AvgIpc) is 2.56. The first-order chi connectivity index (χ1) is 11.6. The fourth-order valence-electron chi connectivity index (χ4n) is 4.05. The maximum absolute atomic E-state index is 12.5. The molecule has 0 saturated carbocycles. The molecule has 2 bridgehead atoms. The summed E-state index contributed by atoms with van der Waals surface area (Å²) >= 11 is 5.88. The molecule has 124 valence electrons. The lowest BCUT2D eigenvalue weighted by Gasteiger charge is -2.42. The van der Waals surface area contributed by atoms with Crippen molar-refractivity contribution in [2.24, 2.45) is 5.92 Å². The second-order valence-electron chi connectivity index (χ2n) is 6.82. The Morgan fingerprint density at radius 3 is 2.67 bits per heavy atom. The number of aromatic nitrogens is 1. The van der Waals surface area contributed by atoms with Gasteiger partial charge in [-0.05, 0) is 42.7 Å². The fourth-order valence-corrected chi connectivity index (χ4v) is 4.18. The minimum absolute atomic E-state index is 0.0906. The van der Waals surface area contributed by atoms with E-state index in [2.05, 4.69) is 4.90 Å². The van der Waals surface area contributed by atoms with E-state index in [1.54, 1.807) is 30.3 Å². The molecule has 4 rings (SSSR count). The summed E-state index contributed by atoms with van der Waals surface area (Å²) in [5.74, 6) is 0.899. The number of fused-ring (bicyclic) bond motifs is 4. The van der Waals surface area contributed by atoms with Gasteiger partial charge in [0.25, 0.3) is 5.56 Å². The van der Waals surface area contributed by atoms with Crippen LogP contribution in [0.15, 0.2) is 47.3 Å². The lowest BCUT2D eigenvalue weighted by molar-refractivity contribution is 0.0817. The maximum Gasteiger partial charge on any atom is 0.250 e. The Balaban J connectivity index is 1.51. The third-order valence-corrected chi connectivity index (χ3v) is 5.34. The van der Waals surface area contributed by atoms with E-state index < -0.39 is 0 Å². The summed E-state index contributed by atoms with van der Waals surface area (Å²) in [6.45, 7) is 2.89. The zero-order chi connectivity index (χ0) is 16.7. The van der Waals surface area contributed by atoms with Crippen LogP contribution in [-0.2, 0) is 6.54 Å². The van der Waals surface area contributed by atoms with Crippen LogP contribution in [0.3, 0.4) is 0 Å². The molecule has 2 aliphatic heterocycles. The van der Waals surface area contributed by atoms with E-state index >= 15 is 0 Å². The fraction of sp³-hybridized carbons (Fsp3) is 0.368. The lowest BCUT2D eigenvalue weighted by Crippen LogP contribution is -2.48. The highest BCUT2D eigenvalue weighted by atomic mass is 35.5. The number of halogens is 1. The van der Waals surface area contributed by atoms with Crippen LogP contribution in [-0.4, -0.2) is 34.9 Å². The summed E-state index contributed by atoms with van der Waals surface area (Å²) < 4.78 is 1.91. The van der Waals surface area contributed by atoms with Crippen molar-refractivity contribution < 1.29 is 4.79 Å². The number of hydrogen-bond donors (Lipinski definition) is 0. The predicted molar refractivity (Wildman–Crippen MR) is 93.8 cm³/mol. The molecule has 4 nitrogen and oxygen atoms in total. The Bertz CT molecular complexity index is 828. The van der Waals surface area contributed by atoms with Crippen LogP contribution in [0.2, 0.25) is 5.02 Å². The van der Waals surface area contributed by atoms with Crippen molar-refractivity contribution in [3.05, 3.63) is 69.1 Å². The highest BCUT2D eigenvalue weighted by Crippen LogP contribution is 2.34. The maximum atomic E-state index is 12.5. The number of ketones is 1. The van der Waals surface area contributed by atoms with Crippen molar-refractivity contribution in [3.63, 3.8) is 0 Å². The van der Waals surface area contributed by atoms with Gasteiger partial charge in [0.2, 0.25) is 0 Å². The molecule has 0 radical (unpaired) electrons. The molecule has 1 aromatic heterocycles. The molecule has 2 aromatic rings. The van der Waals surface area contributed by atoms with Crippen LogP contribution in [0.4, 0.5) is 0 Å². The first-order valence-corrected chi connectivity index (χ1v) is 8.69. The second-order valence-corrected chi connectivity index (χ2v) is 7.26. The van der Waals surface area contributed by atoms with Gasteiger partial charge in [-0.3, -0.25) is 14.5 Å². The molecule has 3 heterocycles. The van der Waals surface area contributed by atoms with E-state index in [4.69, 9.17) is 11.6 Å². The molecule has 5 heteroatoms. The topological polar surface area (TPSA) is 42.3 Å². The van der Waals surface area contributed by atoms with Crippen molar-refractivity contribution in [2.75, 3.05) is 19.6 Å². The zero-order valence-corrected chi connectivity index (χ0v) is 14.1. The third-order valence-electron chi connectivity index (χ3n) is 5.09. The summed E-state index contributed by atoms with van der Waals surface area (Å²) in [5, 5.41) is 0.640. The van der Waals surface area contributed by atoms with Crippen LogP contribution in [0.5, 0.6) is 0 Å². The molecule has 1 fully saturated rings. The summed E-state index contributed by atoms with van der Waals surface area (Å²) in [5.41, 5.74) is 1.90. The van der Waals surface area contributed by atoms with Gasteiger partial charge in [-0.1, -0.05) is 17.7 Å². The Labute approximate surface area is 145 Å². The van der Waals surface area contributed by atoms with Crippen LogP contribution < -0.4 is 5.56 Å². The Hall–Kier alpha value is -1.91. The van der Waals surface area contributed by atoms with Gasteiger partial charge in [0.05, 0.1) is 6.54 Å². The van der Waals surface area contributed by atoms with E-state index in [9.17, 15) is 9.59 Å². The van der Waals surface area contributed by atoms with Crippen molar-refractivity contribution in [2.45, 2.75) is 18.9 Å². The normalized spacial score (nSPS) is 22.9. The largest absolute Gasteiger partial charge is 0.312 e. The SMILES string of the molecule is O=C(CN1CC2CC(C1)c1cccc(=O)n1C2)c1ccc(Cl)cc1. The standard InChI is InChI=1S/C19H19ClN2O2/c20-16-6-4-14(5-7-16)18(23)12-21-9-13-8-15(11-21)17-2-1-3-19(24)22(17)10-13/h1-7,13,15H,8-12H2. The molecule has 0 N–H and O–H groups in total. The monoisotopic (exact) mass is 342 g/mol. The second kappa shape index (κ2) is 6.19. The van der Waals surface area contributed by atoms with Crippen molar-refractivity contribution >= 4 is 17.4 Å². The van der Waals surface area contributed by atoms with E-state index in [-0.39, 0.29) is 11.3 Å². The molecule has 2 unspecified atom stereocenters. The number of carbonyl (C=O) groups is 1. The number of pyridine rings is 1. The highest BCUT2D eigenvalue weighted by Gasteiger charge is 2.34. The molecule has 1 aromatic carbocycles. The molecule has 0 amide bonds. The number of likely N-dealkylation sites (tertiary alicyclic amines) is 1. The van der Waals surface area contributed by atoms with Crippen molar-refractivity contribution in [1.29, 1.82) is 0 Å². The Kier molecular flexibility index (Phi) is 4.02. The van der Waals surface area contributed by atoms with Gasteiger partial charge in [-0.2, -0.15) is 0 Å². The summed E-state index contributed by atoms with van der Waals surface area (Å²) in [6, 6.07) is 12.6. The Morgan fingerprint density at radius 1 is 1.08 bits per heavy atom. The van der Waals surface area contributed by atoms with Crippen LogP contribution >= 0.6 is 11.6 Å². The molecule has 1 saturated heterocycles. The minimum atomic E-state index is 0.0906. The van der Waals surface area contributed by atoms with Gasteiger partial charge >= 0.3 is 0 Å². The number of Topliss-reactive ketones (excluding diaryl/α,β-unsaturated/α-hetero) is 1. The van der Waals surface area contributed by atoms with Gasteiger partial charge in [0, 0.05) is 47.9 Å². The van der Waals surface area contributed by atoms with Gasteiger partial charge < -0.3 is 4.57 Å². The zero-order valence-electron chi connectivity index (χ0n) is 13.3. The molecule has 2 atom stereocenters. The third kappa shape index (κ3) is 2.92. The highest BCUT2D eigenvalue weighted by molar-refractivity contribution is 6.30. The number of benzene rings is 1. The minimum Gasteiger partial charge on any atom is -0.312 e. The molecule has 0 aliphatic carbocycles. The summed E-state index contributed by atoms with van der Waals surface area (Å²) in [6.07, 6.45) is 1.11. The van der Waals surface area contributed by atoms with E-state index in [0.29, 0.717) is 29.0 Å². The van der Waals surface area contributed by atoms with E-state index in [1.165, 1.54) is 0 Å². The number of carbonyl (C=O) groups excluding carboxylic acids is 1. The lowest BCUT2D eigenvalue weighted by atomic mass is 9.83. The van der Waals surface area contributed by atoms with Gasteiger partial charge in [-0.15, -0.1) is 0 Å². The molecular formula is C19H19ClN2O2.